The van der Waals surface area contributed by atoms with Crippen molar-refractivity contribution in [3.05, 3.63) is 65.5 Å². The molecule has 0 radical (unpaired) electrons. The number of hydrogen-bond acceptors (Lipinski definition) is 2. The highest BCUT2D eigenvalue weighted by Gasteiger charge is 2.26. The van der Waals surface area contributed by atoms with E-state index in [-0.39, 0.29) is 24.2 Å². The Morgan fingerprint density at radius 1 is 1.11 bits per heavy atom. The summed E-state index contributed by atoms with van der Waals surface area (Å²) in [6, 6.07) is 14.7. The third-order valence-electron chi connectivity index (χ3n) is 5.32. The normalized spacial score (nSPS) is 15.9. The molecular formula is C22H28FN2O2+. The van der Waals surface area contributed by atoms with Gasteiger partial charge in [0, 0.05) is 5.56 Å². The fraction of sp³-hybridized carbons (Fsp3) is 0.409. The zero-order valence-corrected chi connectivity index (χ0v) is 15.8. The molecule has 5 heteroatoms. The first-order valence-electron chi connectivity index (χ1n) is 9.66. The van der Waals surface area contributed by atoms with E-state index in [0.717, 1.165) is 18.8 Å². The Morgan fingerprint density at radius 3 is 2.48 bits per heavy atom. The molecule has 144 valence electrons. The van der Waals surface area contributed by atoms with Crippen LogP contribution in [0.15, 0.2) is 48.5 Å². The highest BCUT2D eigenvalue weighted by atomic mass is 19.1. The molecule has 4 nitrogen and oxygen atoms in total. The predicted octanol–water partition coefficient (Wildman–Crippen LogP) is 2.30. The van der Waals surface area contributed by atoms with Gasteiger partial charge in [-0.3, -0.25) is 4.79 Å². The van der Waals surface area contributed by atoms with Crippen LogP contribution in [0.3, 0.4) is 0 Å². The summed E-state index contributed by atoms with van der Waals surface area (Å²) < 4.78 is 19.0. The molecule has 0 unspecified atom stereocenters. The highest BCUT2D eigenvalue weighted by Crippen LogP contribution is 2.17. The molecule has 1 saturated heterocycles. The Morgan fingerprint density at radius 2 is 1.81 bits per heavy atom. The minimum Gasteiger partial charge on any atom is -0.497 e. The molecule has 1 fully saturated rings. The number of piperidine rings is 1. The summed E-state index contributed by atoms with van der Waals surface area (Å²) in [6.07, 6.45) is 3.77. The van der Waals surface area contributed by atoms with Gasteiger partial charge in [0.2, 0.25) is 5.91 Å². The molecular weight excluding hydrogens is 343 g/mol. The molecule has 27 heavy (non-hydrogen) atoms. The van der Waals surface area contributed by atoms with Crippen LogP contribution in [0.1, 0.15) is 36.4 Å². The Bertz CT molecular complexity index is 742. The van der Waals surface area contributed by atoms with E-state index in [9.17, 15) is 9.18 Å². The molecule has 1 atom stereocenters. The number of carbonyl (C=O) groups is 1. The van der Waals surface area contributed by atoms with E-state index in [2.05, 4.69) is 17.4 Å². The first-order valence-corrected chi connectivity index (χ1v) is 9.66. The molecule has 0 bridgehead atoms. The molecule has 1 aliphatic rings. The highest BCUT2D eigenvalue weighted by molar-refractivity contribution is 5.78. The summed E-state index contributed by atoms with van der Waals surface area (Å²) in [7, 11) is 1.66. The fourth-order valence-corrected chi connectivity index (χ4v) is 3.78. The number of halogens is 1. The van der Waals surface area contributed by atoms with Gasteiger partial charge in [-0.15, -0.1) is 0 Å². The van der Waals surface area contributed by atoms with Gasteiger partial charge in [-0.2, -0.15) is 0 Å². The summed E-state index contributed by atoms with van der Waals surface area (Å²) in [5.41, 5.74) is 1.63. The zero-order valence-electron chi connectivity index (χ0n) is 15.8. The summed E-state index contributed by atoms with van der Waals surface area (Å²) in [4.78, 5) is 13.9. The van der Waals surface area contributed by atoms with E-state index < -0.39 is 0 Å². The van der Waals surface area contributed by atoms with Crippen LogP contribution in [0, 0.1) is 5.82 Å². The van der Waals surface area contributed by atoms with Crippen molar-refractivity contribution >= 4 is 5.91 Å². The zero-order chi connectivity index (χ0) is 19.1. The molecule has 0 aliphatic carbocycles. The maximum absolute atomic E-state index is 13.8. The molecule has 0 spiro atoms. The Labute approximate surface area is 160 Å². The van der Waals surface area contributed by atoms with Gasteiger partial charge in [-0.1, -0.05) is 18.2 Å². The minimum absolute atomic E-state index is 0.0668. The Hall–Kier alpha value is -2.40. The van der Waals surface area contributed by atoms with Crippen molar-refractivity contribution in [2.24, 2.45) is 0 Å². The van der Waals surface area contributed by atoms with Crippen molar-refractivity contribution in [2.75, 3.05) is 26.7 Å². The Balaban J connectivity index is 1.67. The molecule has 1 heterocycles. The second-order valence-electron chi connectivity index (χ2n) is 7.12. The number of likely N-dealkylation sites (tertiary alicyclic amines) is 1. The molecule has 1 amide bonds. The van der Waals surface area contributed by atoms with Crippen LogP contribution < -0.4 is 15.0 Å². The largest absolute Gasteiger partial charge is 0.497 e. The van der Waals surface area contributed by atoms with Crippen molar-refractivity contribution in [1.29, 1.82) is 0 Å². The van der Waals surface area contributed by atoms with Crippen molar-refractivity contribution in [2.45, 2.75) is 31.7 Å². The lowest BCUT2D eigenvalue weighted by Gasteiger charge is -2.32. The fourth-order valence-electron chi connectivity index (χ4n) is 3.78. The Kier molecular flexibility index (Phi) is 6.82. The quantitative estimate of drug-likeness (QED) is 0.784. The number of amides is 1. The van der Waals surface area contributed by atoms with E-state index >= 15 is 0 Å². The monoisotopic (exact) mass is 371 g/mol. The summed E-state index contributed by atoms with van der Waals surface area (Å²) >= 11 is 0. The van der Waals surface area contributed by atoms with Gasteiger partial charge >= 0.3 is 0 Å². The number of hydrogen-bond donors (Lipinski definition) is 2. The van der Waals surface area contributed by atoms with E-state index in [1.54, 1.807) is 25.3 Å². The average Bonchev–Trinajstić information content (AvgIpc) is 2.71. The standard InChI is InChI=1S/C22H27FN2O2/c1-27-19-11-9-17(10-12-19)21(25-13-5-2-6-14-25)16-24-22(26)15-18-7-3-4-8-20(18)23/h3-4,7-12,21H,2,5-6,13-16H2,1H3,(H,24,26)/p+1/t21-/m0/s1. The lowest BCUT2D eigenvalue weighted by Crippen LogP contribution is -3.13. The van der Waals surface area contributed by atoms with Crippen LogP contribution in [0.2, 0.25) is 0 Å². The maximum atomic E-state index is 13.8. The molecule has 0 aromatic heterocycles. The number of ether oxygens (including phenoxy) is 1. The first kappa shape index (κ1) is 19.4. The minimum atomic E-state index is -0.332. The molecule has 2 aromatic carbocycles. The maximum Gasteiger partial charge on any atom is 0.224 e. The van der Waals surface area contributed by atoms with Crippen molar-refractivity contribution in [3.63, 3.8) is 0 Å². The SMILES string of the molecule is COc1ccc([C@H](CNC(=O)Cc2ccccc2F)[NH+]2CCCCC2)cc1. The number of nitrogens with one attached hydrogen (secondary N) is 2. The lowest BCUT2D eigenvalue weighted by molar-refractivity contribution is -0.935. The van der Waals surface area contributed by atoms with Crippen LogP contribution in [-0.2, 0) is 11.2 Å². The number of benzene rings is 2. The van der Waals surface area contributed by atoms with Crippen LogP contribution >= 0.6 is 0 Å². The van der Waals surface area contributed by atoms with Crippen molar-refractivity contribution in [3.8, 4) is 5.75 Å². The second kappa shape index (κ2) is 9.51. The molecule has 2 N–H and O–H groups in total. The number of rotatable bonds is 7. The van der Waals surface area contributed by atoms with Gasteiger partial charge < -0.3 is 15.0 Å². The first-order chi connectivity index (χ1) is 13.2. The van der Waals surface area contributed by atoms with Crippen molar-refractivity contribution < 1.29 is 18.8 Å². The van der Waals surface area contributed by atoms with Crippen LogP contribution in [0.25, 0.3) is 0 Å². The smallest absolute Gasteiger partial charge is 0.224 e. The van der Waals surface area contributed by atoms with Crippen molar-refractivity contribution in [1.82, 2.24) is 5.32 Å². The van der Waals surface area contributed by atoms with Gasteiger partial charge in [0.15, 0.2) is 0 Å². The molecule has 1 aliphatic heterocycles. The molecule has 3 rings (SSSR count). The average molecular weight is 371 g/mol. The van der Waals surface area contributed by atoms with Gasteiger partial charge in [0.05, 0.1) is 33.2 Å². The van der Waals surface area contributed by atoms with E-state index in [1.807, 2.05) is 12.1 Å². The van der Waals surface area contributed by atoms with E-state index in [4.69, 9.17) is 4.74 Å². The molecule has 0 saturated carbocycles. The van der Waals surface area contributed by atoms with Crippen LogP contribution in [-0.4, -0.2) is 32.7 Å². The number of quaternary nitrogens is 1. The summed E-state index contributed by atoms with van der Waals surface area (Å²) in [5.74, 6) is 0.353. The second-order valence-corrected chi connectivity index (χ2v) is 7.12. The van der Waals surface area contributed by atoms with E-state index in [0.29, 0.717) is 12.1 Å². The third-order valence-corrected chi connectivity index (χ3v) is 5.32. The lowest BCUT2D eigenvalue weighted by atomic mass is 10.0. The van der Waals surface area contributed by atoms with Gasteiger partial charge in [0.1, 0.15) is 17.6 Å². The van der Waals surface area contributed by atoms with Gasteiger partial charge in [-0.05, 0) is 55.2 Å². The predicted molar refractivity (Wildman–Crippen MR) is 103 cm³/mol. The third kappa shape index (κ3) is 5.30. The number of methoxy groups -OCH3 is 1. The van der Waals surface area contributed by atoms with Gasteiger partial charge in [-0.25, -0.2) is 4.39 Å². The van der Waals surface area contributed by atoms with E-state index in [1.165, 1.54) is 35.8 Å². The summed E-state index contributed by atoms with van der Waals surface area (Å²) in [6.45, 7) is 2.77. The topological polar surface area (TPSA) is 42.8 Å². The van der Waals surface area contributed by atoms with Crippen LogP contribution in [0.5, 0.6) is 5.75 Å². The van der Waals surface area contributed by atoms with Crippen LogP contribution in [0.4, 0.5) is 4.39 Å². The number of carbonyl (C=O) groups excluding carboxylic acids is 1. The molecule has 2 aromatic rings. The summed E-state index contributed by atoms with van der Waals surface area (Å²) in [5, 5.41) is 3.03. The van der Waals surface area contributed by atoms with Gasteiger partial charge in [0.25, 0.3) is 0 Å².